The second kappa shape index (κ2) is 3.56. The Morgan fingerprint density at radius 2 is 1.88 bits per heavy atom. The highest BCUT2D eigenvalue weighted by molar-refractivity contribution is 9.10. The van der Waals surface area contributed by atoms with Crippen LogP contribution in [0.1, 0.15) is 0 Å². The minimum absolute atomic E-state index is 0.469. The van der Waals surface area contributed by atoms with Crippen LogP contribution in [0.2, 0.25) is 0 Å². The third kappa shape index (κ3) is 1.68. The molecule has 7 heteroatoms. The maximum Gasteiger partial charge on any atom is 0.147 e. The van der Waals surface area contributed by atoms with Crippen LogP contribution in [0.3, 0.4) is 0 Å². The molecule has 0 radical (unpaired) electrons. The Morgan fingerprint density at radius 1 is 1.12 bits per heavy atom. The van der Waals surface area contributed by atoms with Crippen LogP contribution in [0.5, 0.6) is 0 Å². The summed E-state index contributed by atoms with van der Waals surface area (Å²) in [4.78, 5) is 1.54. The summed E-state index contributed by atoms with van der Waals surface area (Å²) in [6.45, 7) is 0. The number of fused-ring (bicyclic) bond motifs is 1. The Morgan fingerprint density at radius 3 is 2.59 bits per heavy atom. The van der Waals surface area contributed by atoms with Crippen molar-refractivity contribution >= 4 is 32.8 Å². The summed E-state index contributed by atoms with van der Waals surface area (Å²) in [5.74, 6) is 0.469. The average Bonchev–Trinajstić information content (AvgIpc) is 2.78. The largest absolute Gasteiger partial charge is 0.382 e. The fourth-order valence-electron chi connectivity index (χ4n) is 1.70. The van der Waals surface area contributed by atoms with E-state index in [2.05, 4.69) is 31.2 Å². The van der Waals surface area contributed by atoms with Crippen molar-refractivity contribution in [3.63, 3.8) is 0 Å². The van der Waals surface area contributed by atoms with Gasteiger partial charge in [0.2, 0.25) is 0 Å². The first-order valence-corrected chi connectivity index (χ1v) is 5.75. The Balaban J connectivity index is 2.20. The lowest BCUT2D eigenvalue weighted by Crippen LogP contribution is -1.97. The van der Waals surface area contributed by atoms with E-state index in [1.807, 2.05) is 18.2 Å². The van der Waals surface area contributed by atoms with Gasteiger partial charge in [-0.05, 0) is 34.1 Å². The summed E-state index contributed by atoms with van der Waals surface area (Å²) in [6.07, 6.45) is 0. The molecule has 17 heavy (non-hydrogen) atoms. The van der Waals surface area contributed by atoms with Gasteiger partial charge in [0, 0.05) is 13.1 Å². The normalized spacial score (nSPS) is 11.2. The van der Waals surface area contributed by atoms with E-state index in [-0.39, 0.29) is 0 Å². The van der Waals surface area contributed by atoms with Gasteiger partial charge in [0.15, 0.2) is 0 Å². The van der Waals surface area contributed by atoms with Crippen molar-refractivity contribution in [2.24, 2.45) is 7.05 Å². The average molecular weight is 293 g/mol. The van der Waals surface area contributed by atoms with Crippen LogP contribution in [-0.4, -0.2) is 24.8 Å². The number of anilines is 1. The summed E-state index contributed by atoms with van der Waals surface area (Å²) in [5.41, 5.74) is 8.21. The second-order valence-corrected chi connectivity index (χ2v) is 4.48. The number of aryl methyl sites for hydroxylation is 1. The second-order valence-electron chi connectivity index (χ2n) is 3.67. The molecule has 0 bridgehead atoms. The molecule has 1 aromatic carbocycles. The molecule has 0 saturated carbocycles. The molecule has 0 spiro atoms. The van der Waals surface area contributed by atoms with Crippen LogP contribution in [-0.2, 0) is 7.05 Å². The molecule has 0 amide bonds. The number of rotatable bonds is 1. The lowest BCUT2D eigenvalue weighted by molar-refractivity contribution is 0.665. The maximum atomic E-state index is 5.64. The molecule has 0 aliphatic rings. The van der Waals surface area contributed by atoms with Crippen LogP contribution in [0.4, 0.5) is 5.82 Å². The van der Waals surface area contributed by atoms with E-state index >= 15 is 0 Å². The zero-order valence-corrected chi connectivity index (χ0v) is 10.6. The summed E-state index contributed by atoms with van der Waals surface area (Å²) in [7, 11) is 1.79. The monoisotopic (exact) mass is 292 g/mol. The number of benzene rings is 1. The smallest absolute Gasteiger partial charge is 0.147 e. The molecule has 3 rings (SSSR count). The van der Waals surface area contributed by atoms with Gasteiger partial charge >= 0.3 is 0 Å². The molecule has 0 unspecified atom stereocenters. The summed E-state index contributed by atoms with van der Waals surface area (Å²) in [5, 5.41) is 12.7. The van der Waals surface area contributed by atoms with Crippen LogP contribution >= 0.6 is 15.9 Å². The Bertz CT molecular complexity index is 698. The lowest BCUT2D eigenvalue weighted by Gasteiger charge is -2.01. The van der Waals surface area contributed by atoms with Gasteiger partial charge in [0.1, 0.15) is 21.5 Å². The Labute approximate surface area is 105 Å². The van der Waals surface area contributed by atoms with Crippen LogP contribution in [0.25, 0.3) is 16.7 Å². The van der Waals surface area contributed by atoms with Gasteiger partial charge in [0.05, 0.1) is 5.69 Å². The standard InChI is InChI=1S/C10H9BrN6/c1-16-13-7-3-2-6(4-8(7)14-16)17-9(11)5-10(12)15-17/h2-5H,1H3,(H2,12,15). The molecule has 2 aromatic heterocycles. The van der Waals surface area contributed by atoms with Crippen LogP contribution in [0.15, 0.2) is 28.9 Å². The maximum absolute atomic E-state index is 5.64. The van der Waals surface area contributed by atoms with Crippen molar-refractivity contribution in [1.29, 1.82) is 0 Å². The molecular weight excluding hydrogens is 284 g/mol. The van der Waals surface area contributed by atoms with E-state index in [0.717, 1.165) is 21.3 Å². The molecule has 0 aliphatic carbocycles. The third-order valence-corrected chi connectivity index (χ3v) is 2.96. The van der Waals surface area contributed by atoms with Crippen molar-refractivity contribution in [1.82, 2.24) is 24.8 Å². The fraction of sp³-hybridized carbons (Fsp3) is 0.100. The number of nitrogens with zero attached hydrogens (tertiary/aromatic N) is 5. The van der Waals surface area contributed by atoms with E-state index in [0.29, 0.717) is 5.82 Å². The number of hydrogen-bond acceptors (Lipinski definition) is 4. The minimum Gasteiger partial charge on any atom is -0.382 e. The molecule has 3 aromatic rings. The first-order valence-electron chi connectivity index (χ1n) is 4.96. The van der Waals surface area contributed by atoms with Crippen LogP contribution in [0, 0.1) is 0 Å². The first-order chi connectivity index (χ1) is 8.13. The zero-order valence-electron chi connectivity index (χ0n) is 9.00. The number of nitrogen functional groups attached to an aromatic ring is 1. The quantitative estimate of drug-likeness (QED) is 0.737. The molecule has 2 N–H and O–H groups in total. The predicted octanol–water partition coefficient (Wildman–Crippen LogP) is 1.50. The van der Waals surface area contributed by atoms with Crippen molar-refractivity contribution < 1.29 is 0 Å². The van der Waals surface area contributed by atoms with E-state index in [1.54, 1.807) is 22.6 Å². The highest BCUT2D eigenvalue weighted by Gasteiger charge is 2.07. The predicted molar refractivity (Wildman–Crippen MR) is 67.7 cm³/mol. The van der Waals surface area contributed by atoms with E-state index in [1.165, 1.54) is 0 Å². The highest BCUT2D eigenvalue weighted by atomic mass is 79.9. The van der Waals surface area contributed by atoms with Gasteiger partial charge in [-0.25, -0.2) is 4.68 Å². The van der Waals surface area contributed by atoms with Crippen LogP contribution < -0.4 is 5.73 Å². The number of nitrogens with two attached hydrogens (primary N) is 1. The fourth-order valence-corrected chi connectivity index (χ4v) is 2.22. The molecule has 0 aliphatic heterocycles. The van der Waals surface area contributed by atoms with E-state index < -0.39 is 0 Å². The van der Waals surface area contributed by atoms with Crippen molar-refractivity contribution in [2.45, 2.75) is 0 Å². The first kappa shape index (κ1) is 10.3. The Kier molecular flexibility index (Phi) is 2.15. The lowest BCUT2D eigenvalue weighted by atomic mass is 10.3. The molecule has 6 nitrogen and oxygen atoms in total. The van der Waals surface area contributed by atoms with Gasteiger partial charge in [-0.15, -0.1) is 5.10 Å². The van der Waals surface area contributed by atoms with Gasteiger partial charge < -0.3 is 5.73 Å². The molecule has 0 saturated heterocycles. The van der Waals surface area contributed by atoms with Gasteiger partial charge in [0.25, 0.3) is 0 Å². The molecule has 0 fully saturated rings. The highest BCUT2D eigenvalue weighted by Crippen LogP contribution is 2.21. The number of halogens is 1. The van der Waals surface area contributed by atoms with Gasteiger partial charge in [-0.2, -0.15) is 15.0 Å². The molecule has 2 heterocycles. The summed E-state index contributed by atoms with van der Waals surface area (Å²) < 4.78 is 2.52. The van der Waals surface area contributed by atoms with Gasteiger partial charge in [-0.3, -0.25) is 0 Å². The van der Waals surface area contributed by atoms with E-state index in [9.17, 15) is 0 Å². The van der Waals surface area contributed by atoms with Gasteiger partial charge in [-0.1, -0.05) is 0 Å². The van der Waals surface area contributed by atoms with Crippen molar-refractivity contribution in [3.8, 4) is 5.69 Å². The zero-order chi connectivity index (χ0) is 12.0. The summed E-state index contributed by atoms with van der Waals surface area (Å²) >= 11 is 3.40. The summed E-state index contributed by atoms with van der Waals surface area (Å²) in [6, 6.07) is 7.50. The Hall–Kier alpha value is -1.89. The third-order valence-electron chi connectivity index (χ3n) is 2.39. The van der Waals surface area contributed by atoms with Crippen molar-refractivity contribution in [2.75, 3.05) is 5.73 Å². The van der Waals surface area contributed by atoms with E-state index in [4.69, 9.17) is 5.73 Å². The number of aromatic nitrogens is 5. The molecule has 86 valence electrons. The number of hydrogen-bond donors (Lipinski definition) is 1. The SMILES string of the molecule is Cn1nc2ccc(-n3nc(N)cc3Br)cc2n1. The molecule has 0 atom stereocenters. The van der Waals surface area contributed by atoms with Crippen molar-refractivity contribution in [3.05, 3.63) is 28.9 Å². The topological polar surface area (TPSA) is 74.5 Å². The minimum atomic E-state index is 0.469. The molecular formula is C10H9BrN6.